The van der Waals surface area contributed by atoms with Crippen LogP contribution >= 0.6 is 0 Å². The van der Waals surface area contributed by atoms with Crippen molar-refractivity contribution in [3.63, 3.8) is 0 Å². The molecule has 1 fully saturated rings. The van der Waals surface area contributed by atoms with Gasteiger partial charge in [-0.2, -0.15) is 0 Å². The van der Waals surface area contributed by atoms with Gasteiger partial charge in [0.25, 0.3) is 0 Å². The predicted molar refractivity (Wildman–Crippen MR) is 90.0 cm³/mol. The lowest BCUT2D eigenvalue weighted by Gasteiger charge is -2.28. The monoisotopic (exact) mass is 325 g/mol. The number of alkyl carbamates (subject to hydrolysis) is 1. The molecule has 0 spiro atoms. The van der Waals surface area contributed by atoms with Crippen LogP contribution in [-0.2, 0) is 14.3 Å². The molecule has 1 aliphatic heterocycles. The van der Waals surface area contributed by atoms with Gasteiger partial charge in [0.2, 0.25) is 0 Å². The van der Waals surface area contributed by atoms with Crippen LogP contribution in [0.15, 0.2) is 12.7 Å². The van der Waals surface area contributed by atoms with Gasteiger partial charge in [-0.15, -0.1) is 6.58 Å². The number of carbonyl (C=O) groups excluding carboxylic acids is 2. The van der Waals surface area contributed by atoms with Crippen molar-refractivity contribution >= 4 is 12.1 Å². The molecule has 0 radical (unpaired) electrons. The summed E-state index contributed by atoms with van der Waals surface area (Å²) in [6.07, 6.45) is 4.45. The van der Waals surface area contributed by atoms with E-state index in [-0.39, 0.29) is 24.0 Å². The summed E-state index contributed by atoms with van der Waals surface area (Å²) in [5.74, 6) is 0.0821. The molecular formula is C18H31NO4. The fourth-order valence-electron chi connectivity index (χ4n) is 2.72. The van der Waals surface area contributed by atoms with Gasteiger partial charge in [0.05, 0.1) is 12.0 Å². The van der Waals surface area contributed by atoms with E-state index in [4.69, 9.17) is 9.47 Å². The van der Waals surface area contributed by atoms with E-state index in [0.717, 1.165) is 19.3 Å². The summed E-state index contributed by atoms with van der Waals surface area (Å²) in [7, 11) is 0. The van der Waals surface area contributed by atoms with Gasteiger partial charge in [0.15, 0.2) is 0 Å². The van der Waals surface area contributed by atoms with Crippen LogP contribution in [0.5, 0.6) is 0 Å². The van der Waals surface area contributed by atoms with Crippen LogP contribution in [0, 0.1) is 11.8 Å². The maximum atomic E-state index is 12.1. The molecule has 23 heavy (non-hydrogen) atoms. The summed E-state index contributed by atoms with van der Waals surface area (Å²) in [4.78, 5) is 23.8. The van der Waals surface area contributed by atoms with Gasteiger partial charge in [-0.1, -0.05) is 19.9 Å². The Hall–Kier alpha value is -1.52. The normalized spacial score (nSPS) is 23.8. The van der Waals surface area contributed by atoms with Gasteiger partial charge in [-0.05, 0) is 52.4 Å². The second-order valence-electron chi connectivity index (χ2n) is 7.57. The van der Waals surface area contributed by atoms with Crippen molar-refractivity contribution < 1.29 is 19.1 Å². The minimum absolute atomic E-state index is 0.119. The minimum Gasteiger partial charge on any atom is -0.460 e. The highest BCUT2D eigenvalue weighted by atomic mass is 16.6. The van der Waals surface area contributed by atoms with Gasteiger partial charge in [0, 0.05) is 0 Å². The third-order valence-electron chi connectivity index (χ3n) is 3.93. The van der Waals surface area contributed by atoms with Gasteiger partial charge >= 0.3 is 12.1 Å². The van der Waals surface area contributed by atoms with E-state index in [2.05, 4.69) is 18.8 Å². The average Bonchev–Trinajstić information content (AvgIpc) is 2.73. The number of esters is 1. The second-order valence-corrected chi connectivity index (χ2v) is 7.57. The Balaban J connectivity index is 2.70. The first-order chi connectivity index (χ1) is 10.6. The summed E-state index contributed by atoms with van der Waals surface area (Å²) < 4.78 is 10.8. The number of nitrogens with one attached hydrogen (secondary N) is 1. The fraction of sp³-hybridized carbons (Fsp3) is 0.778. The third kappa shape index (κ3) is 7.06. The van der Waals surface area contributed by atoms with Crippen LogP contribution in [0.2, 0.25) is 0 Å². The van der Waals surface area contributed by atoms with E-state index in [9.17, 15) is 9.59 Å². The number of rotatable bonds is 7. The quantitative estimate of drug-likeness (QED) is 0.571. The molecule has 0 saturated carbocycles. The zero-order valence-electron chi connectivity index (χ0n) is 15.1. The summed E-state index contributed by atoms with van der Waals surface area (Å²) >= 11 is 0. The number of cyclic esters (lactones) is 1. The molecule has 1 heterocycles. The Kier molecular flexibility index (Phi) is 7.10. The maximum absolute atomic E-state index is 12.1. The molecule has 1 rings (SSSR count). The zero-order valence-corrected chi connectivity index (χ0v) is 15.1. The van der Waals surface area contributed by atoms with Crippen molar-refractivity contribution in [1.29, 1.82) is 0 Å². The molecule has 1 saturated heterocycles. The Morgan fingerprint density at radius 1 is 1.52 bits per heavy atom. The lowest BCUT2D eigenvalue weighted by atomic mass is 9.92. The van der Waals surface area contributed by atoms with Gasteiger partial charge in [-0.3, -0.25) is 4.79 Å². The van der Waals surface area contributed by atoms with Crippen molar-refractivity contribution in [3.05, 3.63) is 12.7 Å². The first-order valence-corrected chi connectivity index (χ1v) is 8.43. The number of allylic oxidation sites excluding steroid dienone is 1. The van der Waals surface area contributed by atoms with Crippen LogP contribution in [0.4, 0.5) is 4.79 Å². The number of hydrogen-bond donors (Lipinski definition) is 1. The molecule has 1 aliphatic rings. The minimum atomic E-state index is -0.553. The van der Waals surface area contributed by atoms with Crippen LogP contribution in [-0.4, -0.2) is 29.8 Å². The second kappa shape index (κ2) is 8.37. The van der Waals surface area contributed by atoms with Crippen LogP contribution in [0.1, 0.15) is 60.3 Å². The lowest BCUT2D eigenvalue weighted by molar-refractivity contribution is -0.145. The summed E-state index contributed by atoms with van der Waals surface area (Å²) in [5, 5.41) is 2.90. The standard InChI is InChI=1S/C18H31NO4/c1-7-8-9-12(2)10-14(15-11-13(3)16(20)22-15)19-17(21)23-18(4,5)6/h7,12-15H,1,8-11H2,2-6H3,(H,19,21)/t12-,13-,14+,15+/m1/s1. The molecule has 1 N–H and O–H groups in total. The van der Waals surface area contributed by atoms with E-state index in [1.54, 1.807) is 0 Å². The lowest BCUT2D eigenvalue weighted by Crippen LogP contribution is -2.46. The van der Waals surface area contributed by atoms with Crippen molar-refractivity contribution in [1.82, 2.24) is 5.32 Å². The van der Waals surface area contributed by atoms with Crippen LogP contribution in [0.25, 0.3) is 0 Å². The average molecular weight is 325 g/mol. The molecule has 0 aliphatic carbocycles. The number of ether oxygens (including phenoxy) is 2. The smallest absolute Gasteiger partial charge is 0.408 e. The summed E-state index contributed by atoms with van der Waals surface area (Å²) in [5.41, 5.74) is -0.553. The zero-order chi connectivity index (χ0) is 17.6. The highest BCUT2D eigenvalue weighted by Gasteiger charge is 2.38. The molecule has 0 aromatic rings. The Morgan fingerprint density at radius 3 is 2.65 bits per heavy atom. The van der Waals surface area contributed by atoms with Crippen LogP contribution < -0.4 is 5.32 Å². The Labute approximate surface area is 139 Å². The van der Waals surface area contributed by atoms with E-state index in [1.165, 1.54) is 0 Å². The highest BCUT2D eigenvalue weighted by molar-refractivity contribution is 5.74. The molecular weight excluding hydrogens is 294 g/mol. The Bertz CT molecular complexity index is 427. The van der Waals surface area contributed by atoms with E-state index < -0.39 is 11.7 Å². The van der Waals surface area contributed by atoms with Crippen molar-refractivity contribution in [3.8, 4) is 0 Å². The predicted octanol–water partition coefficient (Wildman–Crippen LogP) is 3.82. The van der Waals surface area contributed by atoms with E-state index in [0.29, 0.717) is 12.3 Å². The molecule has 0 aromatic carbocycles. The molecule has 5 nitrogen and oxygen atoms in total. The fourth-order valence-corrected chi connectivity index (χ4v) is 2.72. The highest BCUT2D eigenvalue weighted by Crippen LogP contribution is 2.27. The van der Waals surface area contributed by atoms with Crippen molar-refractivity contribution in [2.75, 3.05) is 0 Å². The van der Waals surface area contributed by atoms with Crippen molar-refractivity contribution in [2.45, 2.75) is 78.0 Å². The van der Waals surface area contributed by atoms with Crippen molar-refractivity contribution in [2.24, 2.45) is 11.8 Å². The largest absolute Gasteiger partial charge is 0.460 e. The molecule has 4 atom stereocenters. The summed E-state index contributed by atoms with van der Waals surface area (Å²) in [6.45, 7) is 13.2. The third-order valence-corrected chi connectivity index (χ3v) is 3.93. The Morgan fingerprint density at radius 2 is 2.17 bits per heavy atom. The van der Waals surface area contributed by atoms with Gasteiger partial charge in [-0.25, -0.2) is 4.79 Å². The van der Waals surface area contributed by atoms with E-state index in [1.807, 2.05) is 33.8 Å². The summed E-state index contributed by atoms with van der Waals surface area (Å²) in [6, 6.07) is -0.224. The SMILES string of the molecule is C=CCC[C@@H](C)C[C@H](NC(=O)OC(C)(C)C)[C@@H]1C[C@@H](C)C(=O)O1. The molecule has 132 valence electrons. The van der Waals surface area contributed by atoms with E-state index >= 15 is 0 Å². The first-order valence-electron chi connectivity index (χ1n) is 8.43. The molecule has 0 bridgehead atoms. The number of amides is 1. The molecule has 1 amide bonds. The first kappa shape index (κ1) is 19.5. The van der Waals surface area contributed by atoms with Gasteiger partial charge < -0.3 is 14.8 Å². The number of carbonyl (C=O) groups is 2. The topological polar surface area (TPSA) is 64.6 Å². The van der Waals surface area contributed by atoms with Crippen LogP contribution in [0.3, 0.4) is 0 Å². The molecule has 0 aromatic heterocycles. The molecule has 0 unspecified atom stereocenters. The maximum Gasteiger partial charge on any atom is 0.408 e. The molecule has 5 heteroatoms. The number of hydrogen-bond acceptors (Lipinski definition) is 4. The van der Waals surface area contributed by atoms with Gasteiger partial charge in [0.1, 0.15) is 11.7 Å².